The van der Waals surface area contributed by atoms with E-state index in [1.165, 1.54) is 13.2 Å². The van der Waals surface area contributed by atoms with E-state index in [1.807, 2.05) is 6.92 Å². The molecule has 0 saturated carbocycles. The van der Waals surface area contributed by atoms with Gasteiger partial charge in [0, 0.05) is 0 Å². The zero-order valence-electron chi connectivity index (χ0n) is 7.53. The molecule has 0 N–H and O–H groups in total. The minimum Gasteiger partial charge on any atom is -0.492 e. The lowest BCUT2D eigenvalue weighted by Crippen LogP contribution is -1.91. The van der Waals surface area contributed by atoms with E-state index < -0.39 is 0 Å². The summed E-state index contributed by atoms with van der Waals surface area (Å²) in [5.41, 5.74) is 1.59. The third-order valence-electron chi connectivity index (χ3n) is 1.70. The molecular weight excluding hydrogens is 235 g/mol. The number of hydrogen-bond acceptors (Lipinski definition) is 1. The Bertz CT molecular complexity index is 324. The summed E-state index contributed by atoms with van der Waals surface area (Å²) in [6, 6.07) is 3.19. The second-order valence-corrected chi connectivity index (χ2v) is 3.61. The summed E-state index contributed by atoms with van der Waals surface area (Å²) in [6.45, 7) is 5.56. The van der Waals surface area contributed by atoms with Crippen LogP contribution in [-0.4, -0.2) is 7.11 Å². The van der Waals surface area contributed by atoms with Gasteiger partial charge in [-0.15, -0.1) is 0 Å². The van der Waals surface area contributed by atoms with Gasteiger partial charge in [0.05, 0.1) is 11.6 Å². The molecule has 0 radical (unpaired) electrons. The number of rotatable bonds is 2. The Morgan fingerprint density at radius 2 is 2.15 bits per heavy atom. The van der Waals surface area contributed by atoms with E-state index in [9.17, 15) is 4.39 Å². The summed E-state index contributed by atoms with van der Waals surface area (Å²) in [5.74, 6) is -0.153. The van der Waals surface area contributed by atoms with Crippen molar-refractivity contribution in [1.82, 2.24) is 0 Å². The van der Waals surface area contributed by atoms with Crippen molar-refractivity contribution < 1.29 is 9.13 Å². The number of methoxy groups -OCH3 is 1. The summed E-state index contributed by atoms with van der Waals surface area (Å²) >= 11 is 3.22. The fraction of sp³-hybridized carbons (Fsp3) is 0.200. The summed E-state index contributed by atoms with van der Waals surface area (Å²) in [6.07, 6.45) is 0. The Balaban J connectivity index is 3.28. The molecule has 0 heterocycles. The smallest absolute Gasteiger partial charge is 0.168 e. The monoisotopic (exact) mass is 244 g/mol. The van der Waals surface area contributed by atoms with E-state index in [4.69, 9.17) is 4.74 Å². The minimum absolute atomic E-state index is 0.227. The van der Waals surface area contributed by atoms with Gasteiger partial charge in [-0.3, -0.25) is 0 Å². The van der Waals surface area contributed by atoms with E-state index >= 15 is 0 Å². The second kappa shape index (κ2) is 3.92. The van der Waals surface area contributed by atoms with Crippen molar-refractivity contribution >= 4 is 21.5 Å². The predicted octanol–water partition coefficient (Wildman–Crippen LogP) is 3.63. The van der Waals surface area contributed by atoms with Gasteiger partial charge < -0.3 is 4.74 Å². The molecule has 0 bridgehead atoms. The van der Waals surface area contributed by atoms with Crippen molar-refractivity contribution in [3.8, 4) is 5.75 Å². The van der Waals surface area contributed by atoms with Gasteiger partial charge in [-0.2, -0.15) is 0 Å². The maximum atomic E-state index is 13.3. The lowest BCUT2D eigenvalue weighted by Gasteiger charge is -2.07. The van der Waals surface area contributed by atoms with Crippen LogP contribution in [0.3, 0.4) is 0 Å². The van der Waals surface area contributed by atoms with Crippen LogP contribution >= 0.6 is 15.9 Å². The summed E-state index contributed by atoms with van der Waals surface area (Å²) < 4.78 is 18.7. The van der Waals surface area contributed by atoms with Crippen LogP contribution in [0.2, 0.25) is 0 Å². The first-order chi connectivity index (χ1) is 6.06. The van der Waals surface area contributed by atoms with Gasteiger partial charge in [-0.1, -0.05) is 12.2 Å². The fourth-order valence-electron chi connectivity index (χ4n) is 1.00. The summed E-state index contributed by atoms with van der Waals surface area (Å²) in [7, 11) is 1.43. The SMILES string of the molecule is C=C(C)c1cc(F)c(OC)c(Br)c1. The van der Waals surface area contributed by atoms with Crippen molar-refractivity contribution in [2.75, 3.05) is 7.11 Å². The molecule has 1 aromatic rings. The first-order valence-corrected chi connectivity index (χ1v) is 4.54. The molecule has 0 fully saturated rings. The number of allylic oxidation sites excluding steroid dienone is 1. The van der Waals surface area contributed by atoms with Gasteiger partial charge in [0.2, 0.25) is 0 Å². The van der Waals surface area contributed by atoms with Crippen molar-refractivity contribution in [3.63, 3.8) is 0 Å². The number of halogens is 2. The van der Waals surface area contributed by atoms with Crippen molar-refractivity contribution in [3.05, 3.63) is 34.6 Å². The quantitative estimate of drug-likeness (QED) is 0.773. The highest BCUT2D eigenvalue weighted by Gasteiger charge is 2.09. The lowest BCUT2D eigenvalue weighted by atomic mass is 10.1. The topological polar surface area (TPSA) is 9.23 Å². The van der Waals surface area contributed by atoms with Gasteiger partial charge in [-0.05, 0) is 40.5 Å². The van der Waals surface area contributed by atoms with Gasteiger partial charge in [0.25, 0.3) is 0 Å². The molecule has 1 rings (SSSR count). The lowest BCUT2D eigenvalue weighted by molar-refractivity contribution is 0.383. The Kier molecular flexibility index (Phi) is 3.09. The molecular formula is C10H10BrFO. The molecule has 0 spiro atoms. The summed E-state index contributed by atoms with van der Waals surface area (Å²) in [5, 5.41) is 0. The van der Waals surface area contributed by atoms with E-state index in [0.717, 1.165) is 11.1 Å². The van der Waals surface area contributed by atoms with E-state index in [2.05, 4.69) is 22.5 Å². The van der Waals surface area contributed by atoms with Crippen LogP contribution in [0.15, 0.2) is 23.2 Å². The first-order valence-electron chi connectivity index (χ1n) is 3.75. The number of benzene rings is 1. The van der Waals surface area contributed by atoms with Gasteiger partial charge >= 0.3 is 0 Å². The molecule has 0 aromatic heterocycles. The molecule has 70 valence electrons. The highest BCUT2D eigenvalue weighted by molar-refractivity contribution is 9.10. The molecule has 13 heavy (non-hydrogen) atoms. The fourth-order valence-corrected chi connectivity index (χ4v) is 1.60. The first kappa shape index (κ1) is 10.3. The largest absolute Gasteiger partial charge is 0.492 e. The van der Waals surface area contributed by atoms with Crippen LogP contribution in [0.1, 0.15) is 12.5 Å². The van der Waals surface area contributed by atoms with E-state index in [0.29, 0.717) is 4.47 Å². The van der Waals surface area contributed by atoms with Crippen LogP contribution in [0, 0.1) is 5.82 Å². The number of hydrogen-bond donors (Lipinski definition) is 0. The van der Waals surface area contributed by atoms with Crippen LogP contribution in [-0.2, 0) is 0 Å². The van der Waals surface area contributed by atoms with Crippen molar-refractivity contribution in [2.24, 2.45) is 0 Å². The minimum atomic E-state index is -0.380. The molecule has 1 nitrogen and oxygen atoms in total. The maximum absolute atomic E-state index is 13.3. The summed E-state index contributed by atoms with van der Waals surface area (Å²) in [4.78, 5) is 0. The van der Waals surface area contributed by atoms with E-state index in [-0.39, 0.29) is 11.6 Å². The van der Waals surface area contributed by atoms with Crippen molar-refractivity contribution in [1.29, 1.82) is 0 Å². The molecule has 1 aromatic carbocycles. The second-order valence-electron chi connectivity index (χ2n) is 2.75. The van der Waals surface area contributed by atoms with E-state index in [1.54, 1.807) is 6.07 Å². The average molecular weight is 245 g/mol. The maximum Gasteiger partial charge on any atom is 0.168 e. The van der Waals surface area contributed by atoms with Crippen LogP contribution < -0.4 is 4.74 Å². The standard InChI is InChI=1S/C10H10BrFO/c1-6(2)7-4-8(11)10(13-3)9(12)5-7/h4-5H,1H2,2-3H3. The molecule has 0 amide bonds. The number of ether oxygens (including phenoxy) is 1. The van der Waals surface area contributed by atoms with Gasteiger partial charge in [0.1, 0.15) is 0 Å². The Morgan fingerprint density at radius 3 is 2.54 bits per heavy atom. The van der Waals surface area contributed by atoms with Crippen LogP contribution in [0.5, 0.6) is 5.75 Å². The van der Waals surface area contributed by atoms with Gasteiger partial charge in [0.15, 0.2) is 11.6 Å². The van der Waals surface area contributed by atoms with Crippen LogP contribution in [0.25, 0.3) is 5.57 Å². The van der Waals surface area contributed by atoms with Gasteiger partial charge in [-0.25, -0.2) is 4.39 Å². The Morgan fingerprint density at radius 1 is 1.54 bits per heavy atom. The molecule has 0 aliphatic rings. The molecule has 3 heteroatoms. The third kappa shape index (κ3) is 2.10. The highest BCUT2D eigenvalue weighted by atomic mass is 79.9. The normalized spacial score (nSPS) is 9.85. The Hall–Kier alpha value is -0.830. The average Bonchev–Trinajstić information content (AvgIpc) is 2.03. The molecule has 0 aliphatic carbocycles. The van der Waals surface area contributed by atoms with Crippen molar-refractivity contribution in [2.45, 2.75) is 6.92 Å². The third-order valence-corrected chi connectivity index (χ3v) is 2.28. The molecule has 0 unspecified atom stereocenters. The Labute approximate surface area is 85.3 Å². The highest BCUT2D eigenvalue weighted by Crippen LogP contribution is 2.31. The predicted molar refractivity (Wildman–Crippen MR) is 55.4 cm³/mol. The molecule has 0 saturated heterocycles. The van der Waals surface area contributed by atoms with Crippen LogP contribution in [0.4, 0.5) is 4.39 Å². The zero-order chi connectivity index (χ0) is 10.0. The molecule has 0 aliphatic heterocycles. The zero-order valence-corrected chi connectivity index (χ0v) is 9.11. The molecule has 0 atom stereocenters.